The molecular formula is C13H17FN4O2. The van der Waals surface area contributed by atoms with E-state index in [-0.39, 0.29) is 23.8 Å². The molecule has 2 amide bonds. The Labute approximate surface area is 116 Å². The second kappa shape index (κ2) is 5.85. The number of hydrogen-bond acceptors (Lipinski definition) is 4. The molecule has 0 spiro atoms. The van der Waals surface area contributed by atoms with E-state index in [2.05, 4.69) is 10.3 Å². The molecule has 0 saturated carbocycles. The average Bonchev–Trinajstić information content (AvgIpc) is 2.61. The van der Waals surface area contributed by atoms with Gasteiger partial charge in [0.2, 0.25) is 5.91 Å². The molecule has 0 bridgehead atoms. The first-order valence-electron chi connectivity index (χ1n) is 6.40. The zero-order chi connectivity index (χ0) is 14.7. The molecule has 0 aromatic carbocycles. The monoisotopic (exact) mass is 280 g/mol. The predicted molar refractivity (Wildman–Crippen MR) is 71.9 cm³/mol. The highest BCUT2D eigenvalue weighted by Gasteiger charge is 2.26. The number of nitrogens with zero attached hydrogens (tertiary/aromatic N) is 3. The van der Waals surface area contributed by atoms with E-state index in [0.717, 1.165) is 0 Å². The zero-order valence-electron chi connectivity index (χ0n) is 11.5. The Morgan fingerprint density at radius 2 is 2.20 bits per heavy atom. The first kappa shape index (κ1) is 14.2. The molecule has 0 unspecified atom stereocenters. The van der Waals surface area contributed by atoms with Crippen LogP contribution in [0.1, 0.15) is 16.8 Å². The predicted octanol–water partition coefficient (Wildman–Crippen LogP) is 0.567. The first-order chi connectivity index (χ1) is 9.54. The molecule has 1 aromatic heterocycles. The van der Waals surface area contributed by atoms with Crippen molar-refractivity contribution in [2.24, 2.45) is 0 Å². The number of aromatic nitrogens is 1. The smallest absolute Gasteiger partial charge is 0.257 e. The largest absolute Gasteiger partial charge is 0.371 e. The normalized spacial score (nSPS) is 16.1. The topological polar surface area (TPSA) is 65.5 Å². The van der Waals surface area contributed by atoms with Gasteiger partial charge in [-0.3, -0.25) is 9.59 Å². The van der Waals surface area contributed by atoms with Gasteiger partial charge in [-0.1, -0.05) is 0 Å². The van der Waals surface area contributed by atoms with Crippen molar-refractivity contribution in [2.45, 2.75) is 6.42 Å². The van der Waals surface area contributed by atoms with Gasteiger partial charge in [0.25, 0.3) is 5.91 Å². The molecule has 1 aliphatic rings. The molecule has 2 heterocycles. The van der Waals surface area contributed by atoms with Crippen LogP contribution in [0.25, 0.3) is 0 Å². The molecule has 0 aliphatic carbocycles. The third kappa shape index (κ3) is 2.71. The van der Waals surface area contributed by atoms with Crippen LogP contribution in [0.2, 0.25) is 0 Å². The van der Waals surface area contributed by atoms with Crippen LogP contribution >= 0.6 is 0 Å². The van der Waals surface area contributed by atoms with Crippen LogP contribution < -0.4 is 5.32 Å². The van der Waals surface area contributed by atoms with Crippen molar-refractivity contribution in [1.29, 1.82) is 0 Å². The van der Waals surface area contributed by atoms with Gasteiger partial charge in [-0.25, -0.2) is 9.37 Å². The lowest BCUT2D eigenvalue weighted by Crippen LogP contribution is -2.38. The van der Waals surface area contributed by atoms with Gasteiger partial charge in [-0.15, -0.1) is 0 Å². The molecule has 1 fully saturated rings. The maximum Gasteiger partial charge on any atom is 0.257 e. The van der Waals surface area contributed by atoms with Gasteiger partial charge < -0.3 is 15.1 Å². The molecule has 7 heteroatoms. The summed E-state index contributed by atoms with van der Waals surface area (Å²) >= 11 is 0. The van der Waals surface area contributed by atoms with Crippen LogP contribution in [0.3, 0.4) is 0 Å². The lowest BCUT2D eigenvalue weighted by Gasteiger charge is -2.20. The van der Waals surface area contributed by atoms with E-state index in [9.17, 15) is 14.0 Å². The van der Waals surface area contributed by atoms with Gasteiger partial charge >= 0.3 is 0 Å². The van der Waals surface area contributed by atoms with Gasteiger partial charge in [0.1, 0.15) is 6.54 Å². The fraction of sp³-hybridized carbons (Fsp3) is 0.462. The standard InChI is InChI=1S/C13H17FN4O2/c1-15-12-11(14)9(4-5-16-12)13(20)18-7-3-6-17(2)10(19)8-18/h4-5H,3,6-8H2,1-2H3,(H,15,16). The van der Waals surface area contributed by atoms with Crippen LogP contribution in [0.15, 0.2) is 12.3 Å². The van der Waals surface area contributed by atoms with E-state index in [0.29, 0.717) is 19.5 Å². The Kier molecular flexibility index (Phi) is 4.16. The third-order valence-corrected chi connectivity index (χ3v) is 3.32. The van der Waals surface area contributed by atoms with E-state index < -0.39 is 11.7 Å². The van der Waals surface area contributed by atoms with E-state index in [4.69, 9.17) is 0 Å². The Morgan fingerprint density at radius 1 is 1.45 bits per heavy atom. The highest BCUT2D eigenvalue weighted by Crippen LogP contribution is 2.17. The molecule has 20 heavy (non-hydrogen) atoms. The Balaban J connectivity index is 2.25. The second-order valence-electron chi connectivity index (χ2n) is 4.67. The molecule has 0 atom stereocenters. The number of pyridine rings is 1. The highest BCUT2D eigenvalue weighted by atomic mass is 19.1. The second-order valence-corrected chi connectivity index (χ2v) is 4.67. The maximum atomic E-state index is 14.1. The number of carbonyl (C=O) groups is 2. The zero-order valence-corrected chi connectivity index (χ0v) is 11.5. The van der Waals surface area contributed by atoms with Gasteiger partial charge in [0.05, 0.1) is 5.56 Å². The molecular weight excluding hydrogens is 263 g/mol. The molecule has 1 aromatic rings. The van der Waals surface area contributed by atoms with Crippen LogP contribution in [-0.4, -0.2) is 60.3 Å². The fourth-order valence-electron chi connectivity index (χ4n) is 2.11. The van der Waals surface area contributed by atoms with Crippen molar-refractivity contribution in [3.8, 4) is 0 Å². The summed E-state index contributed by atoms with van der Waals surface area (Å²) in [5, 5.41) is 2.59. The number of halogens is 1. The lowest BCUT2D eigenvalue weighted by atomic mass is 10.2. The summed E-state index contributed by atoms with van der Waals surface area (Å²) in [6.45, 7) is 1.01. The van der Waals surface area contributed by atoms with Crippen LogP contribution in [0.4, 0.5) is 10.2 Å². The first-order valence-corrected chi connectivity index (χ1v) is 6.40. The number of amides is 2. The van der Waals surface area contributed by atoms with Crippen LogP contribution in [-0.2, 0) is 4.79 Å². The minimum atomic E-state index is -0.690. The quantitative estimate of drug-likeness (QED) is 0.860. The Morgan fingerprint density at radius 3 is 2.90 bits per heavy atom. The molecule has 6 nitrogen and oxygen atoms in total. The summed E-state index contributed by atoms with van der Waals surface area (Å²) in [6, 6.07) is 1.33. The Hall–Kier alpha value is -2.18. The third-order valence-electron chi connectivity index (χ3n) is 3.32. The number of likely N-dealkylation sites (N-methyl/N-ethyl adjacent to an activating group) is 1. The van der Waals surface area contributed by atoms with Crippen molar-refractivity contribution < 1.29 is 14.0 Å². The van der Waals surface area contributed by atoms with Crippen LogP contribution in [0.5, 0.6) is 0 Å². The maximum absolute atomic E-state index is 14.1. The van der Waals surface area contributed by atoms with Crippen molar-refractivity contribution in [3.05, 3.63) is 23.6 Å². The molecule has 1 aliphatic heterocycles. The van der Waals surface area contributed by atoms with Crippen molar-refractivity contribution in [2.75, 3.05) is 39.0 Å². The van der Waals surface area contributed by atoms with E-state index in [1.54, 1.807) is 11.9 Å². The number of rotatable bonds is 2. The summed E-state index contributed by atoms with van der Waals surface area (Å²) < 4.78 is 14.1. The summed E-state index contributed by atoms with van der Waals surface area (Å²) in [4.78, 5) is 30.9. The van der Waals surface area contributed by atoms with E-state index in [1.165, 1.54) is 24.2 Å². The van der Waals surface area contributed by atoms with Crippen LogP contribution in [0, 0.1) is 5.82 Å². The van der Waals surface area contributed by atoms with Crippen molar-refractivity contribution in [3.63, 3.8) is 0 Å². The van der Waals surface area contributed by atoms with E-state index in [1.807, 2.05) is 0 Å². The average molecular weight is 280 g/mol. The summed E-state index contributed by atoms with van der Waals surface area (Å²) in [5.41, 5.74) is -0.0679. The van der Waals surface area contributed by atoms with Gasteiger partial charge in [0.15, 0.2) is 11.6 Å². The minimum Gasteiger partial charge on any atom is -0.371 e. The lowest BCUT2D eigenvalue weighted by molar-refractivity contribution is -0.129. The summed E-state index contributed by atoms with van der Waals surface area (Å²) in [7, 11) is 3.23. The number of anilines is 1. The molecule has 1 saturated heterocycles. The van der Waals surface area contributed by atoms with Gasteiger partial charge in [-0.05, 0) is 12.5 Å². The minimum absolute atomic E-state index is 0.0218. The number of hydrogen-bond donors (Lipinski definition) is 1. The molecule has 0 radical (unpaired) electrons. The Bertz CT molecular complexity index is 535. The van der Waals surface area contributed by atoms with Gasteiger partial charge in [0, 0.05) is 33.4 Å². The summed E-state index contributed by atoms with van der Waals surface area (Å²) in [5.74, 6) is -1.29. The number of carbonyl (C=O) groups excluding carboxylic acids is 2. The highest BCUT2D eigenvalue weighted by molar-refractivity contribution is 5.97. The molecule has 1 N–H and O–H groups in total. The SMILES string of the molecule is CNc1nccc(C(=O)N2CCCN(C)C(=O)C2)c1F. The summed E-state index contributed by atoms with van der Waals surface area (Å²) in [6.07, 6.45) is 2.05. The van der Waals surface area contributed by atoms with E-state index >= 15 is 0 Å². The molecule has 2 rings (SSSR count). The number of nitrogens with one attached hydrogen (secondary N) is 1. The van der Waals surface area contributed by atoms with Gasteiger partial charge in [-0.2, -0.15) is 0 Å². The molecule has 108 valence electrons. The van der Waals surface area contributed by atoms with Crippen molar-refractivity contribution >= 4 is 17.6 Å². The fourth-order valence-corrected chi connectivity index (χ4v) is 2.11. The van der Waals surface area contributed by atoms with Crippen molar-refractivity contribution in [1.82, 2.24) is 14.8 Å².